The number of hydrogen-bond acceptors (Lipinski definition) is 2. The summed E-state index contributed by atoms with van der Waals surface area (Å²) < 4.78 is 0. The van der Waals surface area contributed by atoms with Crippen LogP contribution >= 0.6 is 0 Å². The van der Waals surface area contributed by atoms with Crippen molar-refractivity contribution >= 4 is 18.2 Å². The zero-order valence-corrected chi connectivity index (χ0v) is 11.3. The first kappa shape index (κ1) is 13.7. The fourth-order valence-electron chi connectivity index (χ4n) is 1.84. The van der Waals surface area contributed by atoms with Crippen LogP contribution in [0.2, 0.25) is 0 Å². The molecule has 2 rings (SSSR count). The van der Waals surface area contributed by atoms with Crippen molar-refractivity contribution in [1.29, 1.82) is 0 Å². The molecule has 0 atom stereocenters. The Morgan fingerprint density at radius 1 is 1.05 bits per heavy atom. The Labute approximate surface area is 118 Å². The number of allylic oxidation sites excluding steroid dienone is 1. The summed E-state index contributed by atoms with van der Waals surface area (Å²) in [5, 5.41) is 3.78. The summed E-state index contributed by atoms with van der Waals surface area (Å²) in [4.78, 5) is 10.7. The third-order valence-corrected chi connectivity index (χ3v) is 2.70. The molecule has 0 spiro atoms. The van der Waals surface area contributed by atoms with Gasteiger partial charge in [-0.2, -0.15) is 5.10 Å². The second-order valence-electron chi connectivity index (χ2n) is 4.26. The molecule has 2 aromatic rings. The zero-order valence-electron chi connectivity index (χ0n) is 11.3. The van der Waals surface area contributed by atoms with Gasteiger partial charge < -0.3 is 0 Å². The number of carbonyl (C=O) groups excluding carboxylic acids is 1. The van der Waals surface area contributed by atoms with E-state index in [2.05, 4.69) is 28.7 Å². The maximum Gasteiger partial charge on any atom is 0.236 e. The summed E-state index contributed by atoms with van der Waals surface area (Å²) in [7, 11) is 0. The number of nitrogens with zero attached hydrogens (tertiary/aromatic N) is 1. The molecule has 0 heterocycles. The number of hydrazone groups is 1. The van der Waals surface area contributed by atoms with Gasteiger partial charge in [0.05, 0.1) is 0 Å². The largest absolute Gasteiger partial charge is 0.274 e. The van der Waals surface area contributed by atoms with E-state index in [1.165, 1.54) is 12.5 Å². The van der Waals surface area contributed by atoms with Crippen LogP contribution in [-0.2, 0) is 4.79 Å². The minimum absolute atomic E-state index is 0.181. The molecule has 20 heavy (non-hydrogen) atoms. The Morgan fingerprint density at radius 3 is 2.50 bits per heavy atom. The van der Waals surface area contributed by atoms with E-state index in [0.29, 0.717) is 0 Å². The van der Waals surface area contributed by atoms with Crippen LogP contribution in [0.15, 0.2) is 65.8 Å². The summed E-state index contributed by atoms with van der Waals surface area (Å²) in [6, 6.07) is 18.4. The van der Waals surface area contributed by atoms with Crippen molar-refractivity contribution < 1.29 is 4.79 Å². The van der Waals surface area contributed by atoms with Gasteiger partial charge >= 0.3 is 0 Å². The second-order valence-corrected chi connectivity index (χ2v) is 4.26. The van der Waals surface area contributed by atoms with Gasteiger partial charge in [0.2, 0.25) is 5.91 Å². The Kier molecular flexibility index (Phi) is 4.84. The van der Waals surface area contributed by atoms with Crippen molar-refractivity contribution in [1.82, 2.24) is 5.43 Å². The first-order valence-corrected chi connectivity index (χ1v) is 6.38. The van der Waals surface area contributed by atoms with E-state index in [9.17, 15) is 4.79 Å². The lowest BCUT2D eigenvalue weighted by Crippen LogP contribution is -2.11. The summed E-state index contributed by atoms with van der Waals surface area (Å²) in [6.07, 6.45) is 5.33. The fourth-order valence-corrected chi connectivity index (χ4v) is 1.84. The van der Waals surface area contributed by atoms with Crippen LogP contribution in [-0.4, -0.2) is 12.1 Å². The fraction of sp³-hybridized carbons (Fsp3) is 0.0588. The summed E-state index contributed by atoms with van der Waals surface area (Å²) in [6.45, 7) is 1.42. The van der Waals surface area contributed by atoms with Crippen LogP contribution in [0.4, 0.5) is 0 Å². The average molecular weight is 264 g/mol. The molecule has 0 bridgehead atoms. The number of carbonyl (C=O) groups is 1. The highest BCUT2D eigenvalue weighted by atomic mass is 16.2. The molecule has 1 N–H and O–H groups in total. The number of hydrogen-bond donors (Lipinski definition) is 1. The SMILES string of the molecule is CC(=O)N/N=C/C=C/c1ccccc1-c1ccccc1. The Balaban J connectivity index is 2.19. The van der Waals surface area contributed by atoms with Gasteiger partial charge in [0, 0.05) is 13.1 Å². The molecular formula is C17H16N2O. The van der Waals surface area contributed by atoms with E-state index in [1.807, 2.05) is 42.5 Å². The van der Waals surface area contributed by atoms with Gasteiger partial charge in [-0.05, 0) is 22.8 Å². The number of nitrogens with one attached hydrogen (secondary N) is 1. The molecule has 2 aromatic carbocycles. The zero-order chi connectivity index (χ0) is 14.2. The van der Waals surface area contributed by atoms with Crippen molar-refractivity contribution in [3.63, 3.8) is 0 Å². The first-order chi connectivity index (χ1) is 9.77. The topological polar surface area (TPSA) is 41.5 Å². The van der Waals surface area contributed by atoms with Gasteiger partial charge in [0.15, 0.2) is 0 Å². The predicted molar refractivity (Wildman–Crippen MR) is 83.2 cm³/mol. The van der Waals surface area contributed by atoms with E-state index >= 15 is 0 Å². The maximum absolute atomic E-state index is 10.7. The minimum Gasteiger partial charge on any atom is -0.274 e. The highest BCUT2D eigenvalue weighted by Crippen LogP contribution is 2.24. The van der Waals surface area contributed by atoms with Crippen molar-refractivity contribution in [2.24, 2.45) is 5.10 Å². The van der Waals surface area contributed by atoms with Gasteiger partial charge in [0.1, 0.15) is 0 Å². The molecule has 0 saturated carbocycles. The normalized spacial score (nSPS) is 11.1. The van der Waals surface area contributed by atoms with E-state index < -0.39 is 0 Å². The maximum atomic E-state index is 10.7. The third-order valence-electron chi connectivity index (χ3n) is 2.70. The lowest BCUT2D eigenvalue weighted by Gasteiger charge is -2.05. The Morgan fingerprint density at radius 2 is 1.75 bits per heavy atom. The molecule has 0 radical (unpaired) electrons. The highest BCUT2D eigenvalue weighted by Gasteiger charge is 2.00. The van der Waals surface area contributed by atoms with Crippen LogP contribution in [0.25, 0.3) is 17.2 Å². The van der Waals surface area contributed by atoms with Gasteiger partial charge in [-0.25, -0.2) is 5.43 Å². The molecule has 1 amide bonds. The smallest absolute Gasteiger partial charge is 0.236 e. The first-order valence-electron chi connectivity index (χ1n) is 6.38. The standard InChI is InChI=1S/C17H16N2O/c1-14(20)19-18-13-7-11-16-10-5-6-12-17(16)15-8-3-2-4-9-15/h2-13H,1H3,(H,19,20)/b11-7+,18-13+. The van der Waals surface area contributed by atoms with Crippen LogP contribution in [0.5, 0.6) is 0 Å². The molecule has 0 unspecified atom stereocenters. The monoisotopic (exact) mass is 264 g/mol. The van der Waals surface area contributed by atoms with Gasteiger partial charge in [-0.15, -0.1) is 0 Å². The van der Waals surface area contributed by atoms with E-state index in [0.717, 1.165) is 11.1 Å². The van der Waals surface area contributed by atoms with Crippen LogP contribution in [0, 0.1) is 0 Å². The quantitative estimate of drug-likeness (QED) is 0.666. The molecule has 3 heteroatoms. The summed E-state index contributed by atoms with van der Waals surface area (Å²) >= 11 is 0. The van der Waals surface area contributed by atoms with Crippen molar-refractivity contribution in [3.05, 3.63) is 66.2 Å². The number of benzene rings is 2. The summed E-state index contributed by atoms with van der Waals surface area (Å²) in [5.74, 6) is -0.181. The molecule has 3 nitrogen and oxygen atoms in total. The molecule has 0 aromatic heterocycles. The lowest BCUT2D eigenvalue weighted by atomic mass is 9.99. The molecule has 0 saturated heterocycles. The summed E-state index contributed by atoms with van der Waals surface area (Å²) in [5.41, 5.74) is 5.80. The molecule has 0 aliphatic carbocycles. The average Bonchev–Trinajstić information content (AvgIpc) is 2.48. The van der Waals surface area contributed by atoms with E-state index in [1.54, 1.807) is 12.3 Å². The second kappa shape index (κ2) is 7.04. The van der Waals surface area contributed by atoms with Gasteiger partial charge in [0.25, 0.3) is 0 Å². The van der Waals surface area contributed by atoms with E-state index in [-0.39, 0.29) is 5.91 Å². The molecule has 0 aliphatic rings. The van der Waals surface area contributed by atoms with Crippen LogP contribution in [0.1, 0.15) is 12.5 Å². The number of amides is 1. The van der Waals surface area contributed by atoms with Crippen LogP contribution < -0.4 is 5.43 Å². The molecule has 0 fully saturated rings. The molecule has 100 valence electrons. The predicted octanol–water partition coefficient (Wildman–Crippen LogP) is 3.49. The minimum atomic E-state index is -0.181. The van der Waals surface area contributed by atoms with Crippen molar-refractivity contribution in [3.8, 4) is 11.1 Å². The number of rotatable bonds is 4. The van der Waals surface area contributed by atoms with Gasteiger partial charge in [-0.1, -0.05) is 60.7 Å². The molecular weight excluding hydrogens is 248 g/mol. The lowest BCUT2D eigenvalue weighted by molar-refractivity contribution is -0.118. The Hall–Kier alpha value is -2.68. The van der Waals surface area contributed by atoms with Crippen molar-refractivity contribution in [2.45, 2.75) is 6.92 Å². The third kappa shape index (κ3) is 3.92. The van der Waals surface area contributed by atoms with Crippen LogP contribution in [0.3, 0.4) is 0 Å². The molecule has 0 aliphatic heterocycles. The van der Waals surface area contributed by atoms with Crippen molar-refractivity contribution in [2.75, 3.05) is 0 Å². The Bertz CT molecular complexity index is 630. The highest BCUT2D eigenvalue weighted by molar-refractivity contribution is 5.84. The van der Waals surface area contributed by atoms with E-state index in [4.69, 9.17) is 0 Å². The van der Waals surface area contributed by atoms with Gasteiger partial charge in [-0.3, -0.25) is 4.79 Å².